The van der Waals surface area contributed by atoms with E-state index >= 15 is 0 Å². The highest BCUT2D eigenvalue weighted by Crippen LogP contribution is 2.38. The molecule has 8 heteroatoms. The smallest absolute Gasteiger partial charge is 0.342 e. The largest absolute Gasteiger partial charge is 0.465 e. The summed E-state index contributed by atoms with van der Waals surface area (Å²) in [5, 5.41) is 6.91. The molecule has 0 spiro atoms. The van der Waals surface area contributed by atoms with Gasteiger partial charge >= 0.3 is 11.9 Å². The van der Waals surface area contributed by atoms with E-state index in [1.165, 1.54) is 36.7 Å². The second kappa shape index (κ2) is 8.81. The van der Waals surface area contributed by atoms with Crippen molar-refractivity contribution in [2.24, 2.45) is 0 Å². The molecule has 0 aliphatic carbocycles. The highest BCUT2D eigenvalue weighted by molar-refractivity contribution is 7.17. The number of ether oxygens (including phenoxy) is 2. The molecule has 0 aliphatic heterocycles. The number of methoxy groups -OCH3 is 1. The minimum atomic E-state index is -0.523. The number of esters is 2. The van der Waals surface area contributed by atoms with Gasteiger partial charge in [-0.3, -0.25) is 4.79 Å². The number of carbonyl (C=O) groups excluding carboxylic acids is 3. The van der Waals surface area contributed by atoms with Crippen molar-refractivity contribution >= 4 is 45.5 Å². The Balaban J connectivity index is 1.79. The first-order valence-corrected chi connectivity index (χ1v) is 10.0. The van der Waals surface area contributed by atoms with Crippen LogP contribution in [-0.4, -0.2) is 25.0 Å². The van der Waals surface area contributed by atoms with E-state index < -0.39 is 11.9 Å². The first-order chi connectivity index (χ1) is 13.5. The molecule has 2 aromatic heterocycles. The number of benzene rings is 1. The van der Waals surface area contributed by atoms with Crippen molar-refractivity contribution in [2.75, 3.05) is 12.4 Å². The number of nitrogens with one attached hydrogen (secondary N) is 1. The average Bonchev–Trinajstić information content (AvgIpc) is 3.35. The van der Waals surface area contributed by atoms with Crippen LogP contribution in [0.25, 0.3) is 10.4 Å². The standard InChI is InChI=1S/C20H17NO5S2/c1-12(22)21-18-17(15(11-28-18)16-4-3-9-27-16)20(24)26-10-13-5-7-14(8-6-13)19(23)25-2/h3-9,11H,10H2,1-2H3,(H,21,22). The molecule has 1 amide bonds. The van der Waals surface area contributed by atoms with Crippen LogP contribution in [0.15, 0.2) is 47.2 Å². The van der Waals surface area contributed by atoms with Crippen LogP contribution in [0.1, 0.15) is 33.2 Å². The molecule has 0 bridgehead atoms. The summed E-state index contributed by atoms with van der Waals surface area (Å²) in [4.78, 5) is 36.7. The van der Waals surface area contributed by atoms with Crippen molar-refractivity contribution < 1.29 is 23.9 Å². The SMILES string of the molecule is COC(=O)c1ccc(COC(=O)c2c(-c3cccs3)csc2NC(C)=O)cc1. The fourth-order valence-electron chi connectivity index (χ4n) is 2.50. The van der Waals surface area contributed by atoms with Crippen molar-refractivity contribution in [1.29, 1.82) is 0 Å². The topological polar surface area (TPSA) is 81.7 Å². The lowest BCUT2D eigenvalue weighted by Crippen LogP contribution is -2.11. The molecule has 0 aliphatic rings. The highest BCUT2D eigenvalue weighted by atomic mass is 32.1. The Morgan fingerprint density at radius 2 is 1.79 bits per heavy atom. The average molecular weight is 415 g/mol. The highest BCUT2D eigenvalue weighted by Gasteiger charge is 2.23. The van der Waals surface area contributed by atoms with Crippen LogP contribution in [0, 0.1) is 0 Å². The summed E-state index contributed by atoms with van der Waals surface area (Å²) in [5.41, 5.74) is 2.22. The number of thiophene rings is 2. The normalized spacial score (nSPS) is 10.4. The number of hydrogen-bond acceptors (Lipinski definition) is 7. The monoisotopic (exact) mass is 415 g/mol. The quantitative estimate of drug-likeness (QED) is 0.596. The van der Waals surface area contributed by atoms with Gasteiger partial charge in [0.25, 0.3) is 0 Å². The van der Waals surface area contributed by atoms with Crippen molar-refractivity contribution in [3.8, 4) is 10.4 Å². The van der Waals surface area contributed by atoms with E-state index in [0.717, 1.165) is 16.0 Å². The van der Waals surface area contributed by atoms with Gasteiger partial charge in [-0.15, -0.1) is 22.7 Å². The number of amides is 1. The van der Waals surface area contributed by atoms with Gasteiger partial charge in [0.05, 0.1) is 12.7 Å². The van der Waals surface area contributed by atoms with Gasteiger partial charge in [0.1, 0.15) is 17.2 Å². The third-order valence-electron chi connectivity index (χ3n) is 3.82. The zero-order chi connectivity index (χ0) is 20.1. The summed E-state index contributed by atoms with van der Waals surface area (Å²) in [5.74, 6) is -1.21. The molecule has 144 valence electrons. The van der Waals surface area contributed by atoms with Gasteiger partial charge in [0.15, 0.2) is 0 Å². The van der Waals surface area contributed by atoms with Gasteiger partial charge in [-0.2, -0.15) is 0 Å². The Kier molecular flexibility index (Phi) is 6.23. The Morgan fingerprint density at radius 1 is 1.04 bits per heavy atom. The minimum absolute atomic E-state index is 0.0412. The molecule has 3 rings (SSSR count). The van der Waals surface area contributed by atoms with Gasteiger partial charge in [-0.1, -0.05) is 18.2 Å². The molecule has 2 heterocycles. The summed E-state index contributed by atoms with van der Waals surface area (Å²) < 4.78 is 10.1. The summed E-state index contributed by atoms with van der Waals surface area (Å²) in [6.45, 7) is 1.43. The van der Waals surface area contributed by atoms with Crippen LogP contribution < -0.4 is 5.32 Å². The summed E-state index contributed by atoms with van der Waals surface area (Å²) in [6, 6.07) is 10.4. The van der Waals surface area contributed by atoms with Crippen LogP contribution in [0.3, 0.4) is 0 Å². The molecule has 0 radical (unpaired) electrons. The maximum atomic E-state index is 12.8. The van der Waals surface area contributed by atoms with E-state index in [1.807, 2.05) is 22.9 Å². The van der Waals surface area contributed by atoms with E-state index in [4.69, 9.17) is 4.74 Å². The van der Waals surface area contributed by atoms with Gasteiger partial charge in [0, 0.05) is 22.7 Å². The molecule has 6 nitrogen and oxygen atoms in total. The number of rotatable bonds is 6. The Hall–Kier alpha value is -2.97. The Bertz CT molecular complexity index is 990. The summed E-state index contributed by atoms with van der Waals surface area (Å²) in [6.07, 6.45) is 0. The lowest BCUT2D eigenvalue weighted by molar-refractivity contribution is -0.114. The molecule has 0 unspecified atom stereocenters. The first kappa shape index (κ1) is 19.8. The van der Waals surface area contributed by atoms with Gasteiger partial charge < -0.3 is 14.8 Å². The molecule has 1 N–H and O–H groups in total. The third-order valence-corrected chi connectivity index (χ3v) is 5.61. The van der Waals surface area contributed by atoms with Crippen molar-refractivity contribution in [1.82, 2.24) is 0 Å². The van der Waals surface area contributed by atoms with Crippen LogP contribution in [0.4, 0.5) is 5.00 Å². The molecular weight excluding hydrogens is 398 g/mol. The molecule has 0 fully saturated rings. The predicted octanol–water partition coefficient (Wildman–Crippen LogP) is 4.58. The Morgan fingerprint density at radius 3 is 2.39 bits per heavy atom. The second-order valence-electron chi connectivity index (χ2n) is 5.78. The second-order valence-corrected chi connectivity index (χ2v) is 7.60. The molecule has 3 aromatic rings. The molecule has 1 aromatic carbocycles. The fourth-order valence-corrected chi connectivity index (χ4v) is 4.32. The van der Waals surface area contributed by atoms with E-state index in [9.17, 15) is 14.4 Å². The zero-order valence-corrected chi connectivity index (χ0v) is 16.8. The lowest BCUT2D eigenvalue weighted by Gasteiger charge is -2.09. The molecule has 0 atom stereocenters. The number of anilines is 1. The first-order valence-electron chi connectivity index (χ1n) is 8.27. The van der Waals surface area contributed by atoms with Crippen molar-refractivity contribution in [3.63, 3.8) is 0 Å². The van der Waals surface area contributed by atoms with Gasteiger partial charge in [-0.25, -0.2) is 9.59 Å². The van der Waals surface area contributed by atoms with E-state index in [2.05, 4.69) is 10.1 Å². The maximum Gasteiger partial charge on any atom is 0.342 e. The van der Waals surface area contributed by atoms with Gasteiger partial charge in [-0.05, 0) is 29.1 Å². The number of hydrogen-bond donors (Lipinski definition) is 1. The van der Waals surface area contributed by atoms with Gasteiger partial charge in [0.2, 0.25) is 5.91 Å². The molecule has 0 saturated carbocycles. The van der Waals surface area contributed by atoms with Crippen molar-refractivity contribution in [2.45, 2.75) is 13.5 Å². The molecule has 28 heavy (non-hydrogen) atoms. The molecular formula is C20H17NO5S2. The lowest BCUT2D eigenvalue weighted by atomic mass is 10.1. The number of carbonyl (C=O) groups is 3. The van der Waals surface area contributed by atoms with Crippen LogP contribution in [0.2, 0.25) is 0 Å². The zero-order valence-electron chi connectivity index (χ0n) is 15.2. The Labute approximate surface area is 169 Å². The summed E-state index contributed by atoms with van der Waals surface area (Å²) >= 11 is 2.79. The van der Waals surface area contributed by atoms with Crippen LogP contribution in [0.5, 0.6) is 0 Å². The van der Waals surface area contributed by atoms with E-state index in [-0.39, 0.29) is 12.5 Å². The fraction of sp³-hybridized carbons (Fsp3) is 0.150. The molecule has 0 saturated heterocycles. The predicted molar refractivity (Wildman–Crippen MR) is 109 cm³/mol. The third kappa shape index (κ3) is 4.47. The summed E-state index contributed by atoms with van der Waals surface area (Å²) in [7, 11) is 1.32. The van der Waals surface area contributed by atoms with Crippen LogP contribution in [-0.2, 0) is 20.9 Å². The van der Waals surface area contributed by atoms with E-state index in [0.29, 0.717) is 16.1 Å². The van der Waals surface area contributed by atoms with Crippen molar-refractivity contribution in [3.05, 3.63) is 63.8 Å². The maximum absolute atomic E-state index is 12.8. The van der Waals surface area contributed by atoms with E-state index in [1.54, 1.807) is 24.3 Å². The van der Waals surface area contributed by atoms with Crippen LogP contribution >= 0.6 is 22.7 Å². The minimum Gasteiger partial charge on any atom is -0.465 e.